The second kappa shape index (κ2) is 9.26. The molecule has 2 amide bonds. The van der Waals surface area contributed by atoms with Crippen molar-refractivity contribution in [2.75, 3.05) is 6.54 Å². The molecule has 6 atom stereocenters. The summed E-state index contributed by atoms with van der Waals surface area (Å²) in [5.41, 5.74) is 0.462. The highest BCUT2D eigenvalue weighted by molar-refractivity contribution is 6.05. The number of carbonyl (C=O) groups excluding carboxylic acids is 2. The number of likely N-dealkylation sites (tertiary alicyclic amines) is 1. The van der Waals surface area contributed by atoms with Gasteiger partial charge in [-0.25, -0.2) is 4.39 Å². The minimum absolute atomic E-state index is 0.0169. The summed E-state index contributed by atoms with van der Waals surface area (Å²) in [5.74, 6) is -6.58. The number of carboxylic acid groups (broad SMARTS) is 1. The van der Waals surface area contributed by atoms with Gasteiger partial charge in [0.25, 0.3) is 0 Å². The fraction of sp³-hybridized carbons (Fsp3) is 0.640. The Labute approximate surface area is 197 Å². The molecule has 0 radical (unpaired) electrons. The first-order chi connectivity index (χ1) is 16.0. The number of benzene rings is 1. The predicted molar refractivity (Wildman–Crippen MR) is 118 cm³/mol. The largest absolute Gasteiger partial charge is 0.505 e. The summed E-state index contributed by atoms with van der Waals surface area (Å²) in [5, 5.41) is 30.0. The number of carbonyl (C=O) groups is 3. The average molecular weight is 478 g/mol. The standard InChI is InChI=1S/C25H32FNO7/c1-13(2)16-11-15-22(24(32)27(23(15)31)9-5-3-4-6-21(29)30)17-12-20(34-25(16,17)33)14-7-8-19(28)18(26)10-14/h7-8,10,13,15-17,20,22,28,33H,3-6,9,11-12H2,1-2H3,(H,29,30)/t15-,16+,17-,20-,22-,25+/m0/s1. The molecule has 1 aliphatic carbocycles. The lowest BCUT2D eigenvalue weighted by atomic mass is 9.62. The number of imide groups is 1. The van der Waals surface area contributed by atoms with E-state index in [1.165, 1.54) is 23.1 Å². The molecular weight excluding hydrogens is 445 g/mol. The first kappa shape index (κ1) is 24.6. The van der Waals surface area contributed by atoms with E-state index < -0.39 is 47.2 Å². The van der Waals surface area contributed by atoms with Crippen LogP contribution < -0.4 is 0 Å². The van der Waals surface area contributed by atoms with Crippen LogP contribution in [0.1, 0.15) is 64.0 Å². The van der Waals surface area contributed by atoms with Crippen molar-refractivity contribution >= 4 is 17.8 Å². The number of aromatic hydroxyl groups is 1. The van der Waals surface area contributed by atoms with Crippen LogP contribution in [0.2, 0.25) is 0 Å². The van der Waals surface area contributed by atoms with Gasteiger partial charge in [0.1, 0.15) is 0 Å². The summed E-state index contributed by atoms with van der Waals surface area (Å²) in [6, 6.07) is 3.95. The Balaban J connectivity index is 1.56. The summed E-state index contributed by atoms with van der Waals surface area (Å²) in [7, 11) is 0. The SMILES string of the molecule is CC(C)[C@H]1C[C@@H]2C(=O)N(CCCCCC(=O)O)C(=O)[C@@H]2[C@@H]2C[C@@H](c3ccc(O)c(F)c3)O[C@]12O. The van der Waals surface area contributed by atoms with Crippen molar-refractivity contribution < 1.29 is 38.8 Å². The normalized spacial score (nSPS) is 32.9. The van der Waals surface area contributed by atoms with E-state index in [1.54, 1.807) is 0 Å². The zero-order valence-electron chi connectivity index (χ0n) is 19.4. The second-order valence-corrected chi connectivity index (χ2v) is 10.2. The highest BCUT2D eigenvalue weighted by atomic mass is 19.1. The molecule has 3 N–H and O–H groups in total. The number of carboxylic acids is 1. The second-order valence-electron chi connectivity index (χ2n) is 10.2. The van der Waals surface area contributed by atoms with Gasteiger partial charge in [-0.1, -0.05) is 26.3 Å². The third kappa shape index (κ3) is 4.20. The maximum Gasteiger partial charge on any atom is 0.303 e. The molecule has 3 aliphatic rings. The first-order valence-electron chi connectivity index (χ1n) is 12.0. The topological polar surface area (TPSA) is 124 Å². The minimum Gasteiger partial charge on any atom is -0.505 e. The number of aliphatic carboxylic acids is 1. The Hall–Kier alpha value is -2.52. The van der Waals surface area contributed by atoms with Crippen LogP contribution in [0, 0.1) is 35.4 Å². The summed E-state index contributed by atoms with van der Waals surface area (Å²) in [6.45, 7) is 4.12. The van der Waals surface area contributed by atoms with E-state index in [0.29, 0.717) is 31.2 Å². The summed E-state index contributed by atoms with van der Waals surface area (Å²) >= 11 is 0. The highest BCUT2D eigenvalue weighted by Gasteiger charge is 2.66. The van der Waals surface area contributed by atoms with Crippen LogP contribution in [0.15, 0.2) is 18.2 Å². The van der Waals surface area contributed by atoms with Crippen molar-refractivity contribution in [2.45, 2.75) is 64.3 Å². The van der Waals surface area contributed by atoms with Crippen LogP contribution >= 0.6 is 0 Å². The van der Waals surface area contributed by atoms with Crippen molar-refractivity contribution in [3.63, 3.8) is 0 Å². The van der Waals surface area contributed by atoms with Gasteiger partial charge in [-0.3, -0.25) is 19.3 Å². The Bertz CT molecular complexity index is 982. The number of hydrogen-bond acceptors (Lipinski definition) is 6. The monoisotopic (exact) mass is 477 g/mol. The van der Waals surface area contributed by atoms with Gasteiger partial charge >= 0.3 is 5.97 Å². The van der Waals surface area contributed by atoms with E-state index in [9.17, 15) is 29.0 Å². The van der Waals surface area contributed by atoms with E-state index in [-0.39, 0.29) is 43.0 Å². The third-order valence-corrected chi connectivity index (χ3v) is 7.79. The number of phenolic OH excluding ortho intramolecular Hbond substituents is 1. The molecule has 0 bridgehead atoms. The van der Waals surface area contributed by atoms with Crippen LogP contribution in [0.25, 0.3) is 0 Å². The lowest BCUT2D eigenvalue weighted by molar-refractivity contribution is -0.276. The molecule has 1 aromatic carbocycles. The lowest BCUT2D eigenvalue weighted by Crippen LogP contribution is -2.55. The number of nitrogens with zero attached hydrogens (tertiary/aromatic N) is 1. The quantitative estimate of drug-likeness (QED) is 0.388. The molecule has 9 heteroatoms. The molecule has 1 saturated carbocycles. The number of ether oxygens (including phenoxy) is 1. The maximum absolute atomic E-state index is 14.0. The summed E-state index contributed by atoms with van der Waals surface area (Å²) in [6.07, 6.45) is 1.57. The number of rotatable bonds is 8. The average Bonchev–Trinajstić information content (AvgIpc) is 3.23. The van der Waals surface area contributed by atoms with Gasteiger partial charge in [0.05, 0.1) is 17.9 Å². The number of halogens is 1. The van der Waals surface area contributed by atoms with Crippen molar-refractivity contribution in [1.29, 1.82) is 0 Å². The van der Waals surface area contributed by atoms with E-state index >= 15 is 0 Å². The molecule has 8 nitrogen and oxygen atoms in total. The summed E-state index contributed by atoms with van der Waals surface area (Å²) < 4.78 is 20.1. The third-order valence-electron chi connectivity index (χ3n) is 7.79. The van der Waals surface area contributed by atoms with E-state index in [1.807, 2.05) is 13.8 Å². The van der Waals surface area contributed by atoms with Gasteiger partial charge in [0.2, 0.25) is 11.8 Å². The van der Waals surface area contributed by atoms with Crippen molar-refractivity contribution in [3.8, 4) is 5.75 Å². The van der Waals surface area contributed by atoms with Gasteiger partial charge in [-0.05, 0) is 49.3 Å². The van der Waals surface area contributed by atoms with Gasteiger partial charge in [-0.15, -0.1) is 0 Å². The molecule has 0 aromatic heterocycles. The molecular formula is C25H32FNO7. The maximum atomic E-state index is 14.0. The molecule has 1 aromatic rings. The van der Waals surface area contributed by atoms with Gasteiger partial charge in [0, 0.05) is 24.8 Å². The molecule has 2 heterocycles. The van der Waals surface area contributed by atoms with Crippen LogP contribution in [0.3, 0.4) is 0 Å². The molecule has 2 aliphatic heterocycles. The van der Waals surface area contributed by atoms with Crippen molar-refractivity contribution in [2.24, 2.45) is 29.6 Å². The first-order valence-corrected chi connectivity index (χ1v) is 12.0. The van der Waals surface area contributed by atoms with Crippen molar-refractivity contribution in [1.82, 2.24) is 4.90 Å². The minimum atomic E-state index is -1.62. The van der Waals surface area contributed by atoms with Gasteiger partial charge in [0.15, 0.2) is 17.4 Å². The van der Waals surface area contributed by atoms with Gasteiger partial charge in [-0.2, -0.15) is 0 Å². The molecule has 0 spiro atoms. The molecule has 4 rings (SSSR count). The molecule has 0 unspecified atom stereocenters. The number of fused-ring (bicyclic) bond motifs is 3. The van der Waals surface area contributed by atoms with Crippen LogP contribution in [-0.2, 0) is 19.1 Å². The molecule has 34 heavy (non-hydrogen) atoms. The predicted octanol–water partition coefficient (Wildman–Crippen LogP) is 3.22. The highest BCUT2D eigenvalue weighted by Crippen LogP contribution is 2.59. The number of amides is 2. The number of unbranched alkanes of at least 4 members (excludes halogenated alkanes) is 2. The fourth-order valence-electron chi connectivity index (χ4n) is 6.11. The number of phenols is 1. The van der Waals surface area contributed by atoms with E-state index in [2.05, 4.69) is 0 Å². The van der Waals surface area contributed by atoms with Crippen LogP contribution in [-0.4, -0.2) is 50.3 Å². The molecule has 186 valence electrons. The van der Waals surface area contributed by atoms with Crippen LogP contribution in [0.4, 0.5) is 4.39 Å². The summed E-state index contributed by atoms with van der Waals surface area (Å²) in [4.78, 5) is 38.6. The Kier molecular flexibility index (Phi) is 6.70. The Morgan fingerprint density at radius 3 is 2.59 bits per heavy atom. The van der Waals surface area contributed by atoms with Gasteiger partial charge < -0.3 is 20.1 Å². The van der Waals surface area contributed by atoms with Crippen molar-refractivity contribution in [3.05, 3.63) is 29.6 Å². The zero-order valence-corrected chi connectivity index (χ0v) is 19.4. The smallest absolute Gasteiger partial charge is 0.303 e. The van der Waals surface area contributed by atoms with Crippen LogP contribution in [0.5, 0.6) is 5.75 Å². The Morgan fingerprint density at radius 2 is 1.94 bits per heavy atom. The Morgan fingerprint density at radius 1 is 1.21 bits per heavy atom. The number of aliphatic hydroxyl groups is 1. The fourth-order valence-corrected chi connectivity index (χ4v) is 6.11. The zero-order chi connectivity index (χ0) is 24.8. The van der Waals surface area contributed by atoms with E-state index in [4.69, 9.17) is 9.84 Å². The van der Waals surface area contributed by atoms with E-state index in [0.717, 1.165) is 0 Å². The lowest BCUT2D eigenvalue weighted by Gasteiger charge is -2.46. The molecule has 3 fully saturated rings. The number of hydrogen-bond donors (Lipinski definition) is 3. The molecule has 2 saturated heterocycles.